The summed E-state index contributed by atoms with van der Waals surface area (Å²) >= 11 is 0. The predicted molar refractivity (Wildman–Crippen MR) is 107 cm³/mol. The van der Waals surface area contributed by atoms with Gasteiger partial charge in [-0.25, -0.2) is 4.79 Å². The van der Waals surface area contributed by atoms with Gasteiger partial charge in [0, 0.05) is 25.6 Å². The number of ether oxygens (including phenoxy) is 1. The molecule has 1 aromatic rings. The fourth-order valence-corrected chi connectivity index (χ4v) is 4.46. The number of carbonyl (C=O) groups is 3. The van der Waals surface area contributed by atoms with E-state index >= 15 is 0 Å². The third-order valence-corrected chi connectivity index (χ3v) is 6.30. The van der Waals surface area contributed by atoms with E-state index < -0.39 is 5.54 Å². The molecule has 0 atom stereocenters. The van der Waals surface area contributed by atoms with Gasteiger partial charge >= 0.3 is 6.03 Å². The summed E-state index contributed by atoms with van der Waals surface area (Å²) in [6, 6.07) is 7.78. The Bertz CT molecular complexity index is 782. The van der Waals surface area contributed by atoms with Gasteiger partial charge in [-0.05, 0) is 49.8 Å². The molecule has 2 saturated carbocycles. The van der Waals surface area contributed by atoms with Crippen LogP contribution in [-0.4, -0.2) is 52.9 Å². The van der Waals surface area contributed by atoms with Crippen molar-refractivity contribution in [2.45, 2.75) is 69.5 Å². The molecule has 1 spiro atoms. The fraction of sp³-hybridized carbons (Fsp3) is 0.591. The average molecular weight is 399 g/mol. The van der Waals surface area contributed by atoms with Gasteiger partial charge in [-0.15, -0.1) is 0 Å². The van der Waals surface area contributed by atoms with Crippen LogP contribution in [0.3, 0.4) is 0 Å². The number of amides is 4. The Morgan fingerprint density at radius 2 is 1.90 bits per heavy atom. The highest BCUT2D eigenvalue weighted by atomic mass is 16.5. The molecule has 7 nitrogen and oxygen atoms in total. The first-order valence-electron chi connectivity index (χ1n) is 10.6. The van der Waals surface area contributed by atoms with E-state index in [4.69, 9.17) is 4.74 Å². The number of nitrogens with one attached hydrogen (secondary N) is 1. The topological polar surface area (TPSA) is 79.0 Å². The van der Waals surface area contributed by atoms with Crippen LogP contribution >= 0.6 is 0 Å². The standard InChI is InChI=1S/C22H29N3O4/c1-29-18-10-6-16(7-11-18)15-25(17-8-9-17)19(26)5-4-14-24-20(27)22(23-21(24)28)12-2-3-13-22/h6-7,10-11,17H,2-5,8-9,12-15H2,1H3,(H,23,28). The molecule has 4 amide bonds. The number of carbonyl (C=O) groups excluding carboxylic acids is 3. The first kappa shape index (κ1) is 19.7. The van der Waals surface area contributed by atoms with Crippen molar-refractivity contribution in [3.63, 3.8) is 0 Å². The molecule has 1 aromatic carbocycles. The van der Waals surface area contributed by atoms with Gasteiger partial charge in [0.05, 0.1) is 7.11 Å². The minimum absolute atomic E-state index is 0.0888. The van der Waals surface area contributed by atoms with Crippen molar-refractivity contribution in [2.75, 3.05) is 13.7 Å². The highest BCUT2D eigenvalue weighted by Gasteiger charge is 2.52. The molecule has 1 N–H and O–H groups in total. The molecular weight excluding hydrogens is 370 g/mol. The lowest BCUT2D eigenvalue weighted by Gasteiger charge is -2.23. The quantitative estimate of drug-likeness (QED) is 0.682. The van der Waals surface area contributed by atoms with Gasteiger partial charge in [0.25, 0.3) is 5.91 Å². The van der Waals surface area contributed by atoms with Crippen LogP contribution in [-0.2, 0) is 16.1 Å². The second kappa shape index (κ2) is 8.05. The van der Waals surface area contributed by atoms with Crippen molar-refractivity contribution in [1.29, 1.82) is 0 Å². The van der Waals surface area contributed by atoms with Crippen LogP contribution in [0.25, 0.3) is 0 Å². The zero-order valence-corrected chi connectivity index (χ0v) is 17.0. The van der Waals surface area contributed by atoms with Crippen LogP contribution in [0.2, 0.25) is 0 Å². The Hall–Kier alpha value is -2.57. The molecular formula is C22H29N3O4. The van der Waals surface area contributed by atoms with Crippen molar-refractivity contribution in [3.8, 4) is 5.75 Å². The monoisotopic (exact) mass is 399 g/mol. The molecule has 1 heterocycles. The number of nitrogens with zero attached hydrogens (tertiary/aromatic N) is 2. The van der Waals surface area contributed by atoms with Gasteiger partial charge in [0.15, 0.2) is 0 Å². The highest BCUT2D eigenvalue weighted by molar-refractivity contribution is 6.07. The Morgan fingerprint density at radius 3 is 2.52 bits per heavy atom. The van der Waals surface area contributed by atoms with Gasteiger partial charge in [-0.2, -0.15) is 0 Å². The summed E-state index contributed by atoms with van der Waals surface area (Å²) in [5.74, 6) is 0.780. The number of rotatable bonds is 8. The average Bonchev–Trinajstić information content (AvgIpc) is 3.41. The molecule has 29 heavy (non-hydrogen) atoms. The number of hydrogen-bond acceptors (Lipinski definition) is 4. The largest absolute Gasteiger partial charge is 0.497 e. The van der Waals surface area contributed by atoms with Crippen LogP contribution < -0.4 is 10.1 Å². The van der Waals surface area contributed by atoms with E-state index in [2.05, 4.69) is 5.32 Å². The molecule has 2 aliphatic carbocycles. The van der Waals surface area contributed by atoms with Crippen LogP contribution in [0.5, 0.6) is 5.75 Å². The minimum atomic E-state index is -0.671. The summed E-state index contributed by atoms with van der Waals surface area (Å²) in [6.45, 7) is 0.888. The summed E-state index contributed by atoms with van der Waals surface area (Å²) in [5.41, 5.74) is 0.401. The Labute approximate surface area is 171 Å². The van der Waals surface area contributed by atoms with Crippen LogP contribution in [0, 0.1) is 0 Å². The molecule has 3 aliphatic rings. The Kier molecular flexibility index (Phi) is 5.48. The summed E-state index contributed by atoms with van der Waals surface area (Å²) < 4.78 is 5.19. The first-order valence-corrected chi connectivity index (χ1v) is 10.6. The van der Waals surface area contributed by atoms with Crippen molar-refractivity contribution < 1.29 is 19.1 Å². The lowest BCUT2D eigenvalue weighted by atomic mass is 9.98. The summed E-state index contributed by atoms with van der Waals surface area (Å²) in [4.78, 5) is 41.0. The van der Waals surface area contributed by atoms with Crippen LogP contribution in [0.4, 0.5) is 4.79 Å². The fourth-order valence-electron chi connectivity index (χ4n) is 4.46. The molecule has 0 radical (unpaired) electrons. The Morgan fingerprint density at radius 1 is 1.21 bits per heavy atom. The lowest BCUT2D eigenvalue weighted by molar-refractivity contribution is -0.134. The summed E-state index contributed by atoms with van der Waals surface area (Å²) in [6.07, 6.45) is 6.32. The van der Waals surface area contributed by atoms with Crippen molar-refractivity contribution in [2.24, 2.45) is 0 Å². The zero-order chi connectivity index (χ0) is 20.4. The molecule has 1 aliphatic heterocycles. The smallest absolute Gasteiger partial charge is 0.325 e. The van der Waals surface area contributed by atoms with E-state index in [0.717, 1.165) is 49.8 Å². The SMILES string of the molecule is COc1ccc(CN(C(=O)CCCN2C(=O)NC3(CCCC3)C2=O)C2CC2)cc1. The highest BCUT2D eigenvalue weighted by Crippen LogP contribution is 2.35. The van der Waals surface area contributed by atoms with Gasteiger partial charge in [0.1, 0.15) is 11.3 Å². The molecule has 156 valence electrons. The third kappa shape index (κ3) is 4.09. The summed E-state index contributed by atoms with van der Waals surface area (Å²) in [7, 11) is 1.63. The maximum Gasteiger partial charge on any atom is 0.325 e. The van der Waals surface area contributed by atoms with E-state index in [1.54, 1.807) is 7.11 Å². The number of methoxy groups -OCH3 is 1. The third-order valence-electron chi connectivity index (χ3n) is 6.30. The van der Waals surface area contributed by atoms with Crippen LogP contribution in [0.1, 0.15) is 56.9 Å². The maximum atomic E-state index is 12.8. The normalized spacial score (nSPS) is 20.2. The molecule has 0 bridgehead atoms. The van der Waals surface area contributed by atoms with Crippen LogP contribution in [0.15, 0.2) is 24.3 Å². The Balaban J connectivity index is 1.30. The van der Waals surface area contributed by atoms with Gasteiger partial charge < -0.3 is 15.0 Å². The number of urea groups is 1. The molecule has 0 unspecified atom stereocenters. The van der Waals surface area contributed by atoms with Crippen molar-refractivity contribution in [3.05, 3.63) is 29.8 Å². The number of imide groups is 1. The van der Waals surface area contributed by atoms with Crippen molar-refractivity contribution >= 4 is 17.8 Å². The number of benzene rings is 1. The minimum Gasteiger partial charge on any atom is -0.497 e. The van der Waals surface area contributed by atoms with E-state index in [9.17, 15) is 14.4 Å². The summed E-state index contributed by atoms with van der Waals surface area (Å²) in [5, 5.41) is 2.89. The molecule has 0 aromatic heterocycles. The second-order valence-corrected chi connectivity index (χ2v) is 8.38. The van der Waals surface area contributed by atoms with E-state index in [-0.39, 0.29) is 17.8 Å². The van der Waals surface area contributed by atoms with E-state index in [1.807, 2.05) is 29.2 Å². The second-order valence-electron chi connectivity index (χ2n) is 8.38. The van der Waals surface area contributed by atoms with E-state index in [0.29, 0.717) is 32.0 Å². The molecule has 7 heteroatoms. The van der Waals surface area contributed by atoms with E-state index in [1.165, 1.54) is 4.90 Å². The molecule has 3 fully saturated rings. The molecule has 1 saturated heterocycles. The van der Waals surface area contributed by atoms with Gasteiger partial charge in [-0.3, -0.25) is 14.5 Å². The van der Waals surface area contributed by atoms with Gasteiger partial charge in [-0.1, -0.05) is 25.0 Å². The predicted octanol–water partition coefficient (Wildman–Crippen LogP) is 2.83. The van der Waals surface area contributed by atoms with Gasteiger partial charge in [0.2, 0.25) is 5.91 Å². The molecule has 4 rings (SSSR count). The zero-order valence-electron chi connectivity index (χ0n) is 17.0. The lowest BCUT2D eigenvalue weighted by Crippen LogP contribution is -2.44. The maximum absolute atomic E-state index is 12.8. The first-order chi connectivity index (χ1) is 14.0. The number of hydrogen-bond donors (Lipinski definition) is 1. The van der Waals surface area contributed by atoms with Crippen molar-refractivity contribution in [1.82, 2.24) is 15.1 Å².